The molecule has 1 aromatic rings. The first-order chi connectivity index (χ1) is 8.68. The van der Waals surface area contributed by atoms with E-state index in [0.717, 1.165) is 0 Å². The number of nitrogens with zero attached hydrogens (tertiary/aromatic N) is 2. The molecule has 2 rings (SSSR count). The van der Waals surface area contributed by atoms with Gasteiger partial charge in [-0.2, -0.15) is 0 Å². The molecule has 20 heavy (non-hydrogen) atoms. The first kappa shape index (κ1) is 17.1. The fraction of sp³-hybridized carbons (Fsp3) is 0.417. The number of ether oxygens (including phenoxy) is 1. The molecule has 1 aliphatic heterocycles. The minimum Gasteiger partial charge on any atom is -0.575 e. The first-order valence-corrected chi connectivity index (χ1v) is 7.13. The summed E-state index contributed by atoms with van der Waals surface area (Å²) in [5.74, 6) is 0.0920. The summed E-state index contributed by atoms with van der Waals surface area (Å²) in [5.41, 5.74) is 8.20. The van der Waals surface area contributed by atoms with E-state index in [9.17, 15) is 8.42 Å². The van der Waals surface area contributed by atoms with Crippen molar-refractivity contribution in [3.63, 3.8) is 0 Å². The molecule has 0 spiro atoms. The molecular weight excluding hydrogens is 291 g/mol. The molecule has 1 N–H and O–H groups in total. The average Bonchev–Trinajstić information content (AvgIpc) is 2.22. The van der Waals surface area contributed by atoms with E-state index in [1.165, 1.54) is 6.07 Å². The molecule has 0 aliphatic carbocycles. The standard InChI is InChI=1S/C12H15N3O3S.Mg/c1-12(2,3)7-18-9-6-4-5-8-10(9)11(13)15-19(16,17)14-8;/h4-6H,7H2,1-3H3,(H-,13,15);/q-2;+2. The van der Waals surface area contributed by atoms with Gasteiger partial charge in [-0.05, 0) is 17.3 Å². The minimum absolute atomic E-state index is 0. The zero-order chi connectivity index (χ0) is 14.3. The molecule has 0 amide bonds. The van der Waals surface area contributed by atoms with Gasteiger partial charge in [-0.3, -0.25) is 0 Å². The molecule has 0 saturated heterocycles. The van der Waals surface area contributed by atoms with Crippen LogP contribution >= 0.6 is 0 Å². The van der Waals surface area contributed by atoms with Crippen molar-refractivity contribution in [1.29, 1.82) is 0 Å². The number of amidine groups is 1. The van der Waals surface area contributed by atoms with Gasteiger partial charge in [0.05, 0.1) is 6.61 Å². The Labute approximate surface area is 135 Å². The van der Waals surface area contributed by atoms with Crippen LogP contribution in [0.1, 0.15) is 26.3 Å². The largest absolute Gasteiger partial charge is 2.00 e. The fourth-order valence-corrected chi connectivity index (χ4v) is 2.32. The monoisotopic (exact) mass is 305 g/mol. The predicted molar refractivity (Wildman–Crippen MR) is 79.9 cm³/mol. The Morgan fingerprint density at radius 2 is 2.00 bits per heavy atom. The Morgan fingerprint density at radius 3 is 2.60 bits per heavy atom. The minimum atomic E-state index is -3.94. The molecule has 1 aliphatic rings. The molecule has 1 heterocycles. The Kier molecular flexibility index (Phi) is 4.93. The van der Waals surface area contributed by atoms with Gasteiger partial charge in [-0.1, -0.05) is 32.9 Å². The summed E-state index contributed by atoms with van der Waals surface area (Å²) in [5, 5.41) is 0. The number of hydrogen-bond donors (Lipinski definition) is 0. The van der Waals surface area contributed by atoms with Crippen LogP contribution in [0.3, 0.4) is 0 Å². The Morgan fingerprint density at radius 1 is 1.35 bits per heavy atom. The summed E-state index contributed by atoms with van der Waals surface area (Å²) < 4.78 is 35.1. The van der Waals surface area contributed by atoms with Gasteiger partial charge in [-0.15, -0.1) is 5.69 Å². The van der Waals surface area contributed by atoms with Crippen LogP contribution in [-0.4, -0.2) is 43.9 Å². The summed E-state index contributed by atoms with van der Waals surface area (Å²) in [6.07, 6.45) is 0. The zero-order valence-corrected chi connectivity index (χ0v) is 13.9. The molecule has 104 valence electrons. The van der Waals surface area contributed by atoms with Crippen molar-refractivity contribution in [1.82, 2.24) is 0 Å². The van der Waals surface area contributed by atoms with Crippen LogP contribution < -0.4 is 4.74 Å². The number of fused-ring (bicyclic) bond motifs is 1. The second-order valence-corrected chi connectivity index (χ2v) is 6.74. The summed E-state index contributed by atoms with van der Waals surface area (Å²) in [6, 6.07) is 4.86. The second-order valence-electron chi connectivity index (χ2n) is 5.48. The number of hydrogen-bond acceptors (Lipinski definition) is 3. The Hall–Kier alpha value is -0.994. The molecule has 8 heteroatoms. The molecule has 1 aromatic carbocycles. The molecule has 0 fully saturated rings. The van der Waals surface area contributed by atoms with Crippen LogP contribution in [0, 0.1) is 5.41 Å². The topological polar surface area (TPSA) is 93.6 Å². The third-order valence-corrected chi connectivity index (χ3v) is 3.16. The summed E-state index contributed by atoms with van der Waals surface area (Å²) >= 11 is 0. The maximum Gasteiger partial charge on any atom is 2.00 e. The van der Waals surface area contributed by atoms with Crippen LogP contribution in [0.15, 0.2) is 22.6 Å². The van der Waals surface area contributed by atoms with E-state index in [4.69, 9.17) is 10.5 Å². The SMILES string of the molecule is CC(C)(C)COc1cccc2c1C([NH-])=NS(=O)(=O)[N-]2.[Mg+2]. The van der Waals surface area contributed by atoms with Gasteiger partial charge in [0, 0.05) is 5.56 Å². The van der Waals surface area contributed by atoms with Crippen molar-refractivity contribution in [2.24, 2.45) is 9.81 Å². The van der Waals surface area contributed by atoms with Crippen LogP contribution in [-0.2, 0) is 10.2 Å². The predicted octanol–water partition coefficient (Wildman–Crippen LogP) is 2.79. The summed E-state index contributed by atoms with van der Waals surface area (Å²) in [7, 11) is -3.94. The van der Waals surface area contributed by atoms with E-state index >= 15 is 0 Å². The summed E-state index contributed by atoms with van der Waals surface area (Å²) in [4.78, 5) is 0. The molecular formula is C12H15MgN3O3S. The van der Waals surface area contributed by atoms with E-state index in [1.54, 1.807) is 12.1 Å². The third kappa shape index (κ3) is 4.00. The van der Waals surface area contributed by atoms with Gasteiger partial charge < -0.3 is 19.6 Å². The molecule has 0 saturated carbocycles. The molecule has 0 atom stereocenters. The van der Waals surface area contributed by atoms with Crippen LogP contribution in [0.5, 0.6) is 5.75 Å². The van der Waals surface area contributed by atoms with Gasteiger partial charge in [0.15, 0.2) is 0 Å². The zero-order valence-electron chi connectivity index (χ0n) is 11.7. The van der Waals surface area contributed by atoms with E-state index < -0.39 is 10.2 Å². The fourth-order valence-electron chi connectivity index (χ4n) is 1.55. The quantitative estimate of drug-likeness (QED) is 0.786. The van der Waals surface area contributed by atoms with Crippen LogP contribution in [0.2, 0.25) is 0 Å². The van der Waals surface area contributed by atoms with Gasteiger partial charge >= 0.3 is 23.1 Å². The van der Waals surface area contributed by atoms with Crippen molar-refractivity contribution < 1.29 is 13.2 Å². The smallest absolute Gasteiger partial charge is 0.575 e. The molecule has 6 nitrogen and oxygen atoms in total. The van der Waals surface area contributed by atoms with E-state index in [-0.39, 0.29) is 40.0 Å². The average molecular weight is 306 g/mol. The van der Waals surface area contributed by atoms with Crippen LogP contribution in [0.25, 0.3) is 10.5 Å². The van der Waals surface area contributed by atoms with Crippen molar-refractivity contribution in [3.8, 4) is 5.75 Å². The van der Waals surface area contributed by atoms with E-state index in [1.807, 2.05) is 20.8 Å². The maximum atomic E-state index is 11.3. The summed E-state index contributed by atoms with van der Waals surface area (Å²) in [6.45, 7) is 6.51. The van der Waals surface area contributed by atoms with Crippen molar-refractivity contribution in [2.75, 3.05) is 6.61 Å². The molecule has 0 aromatic heterocycles. The Balaban J connectivity index is 0.00000200. The molecule has 0 bridgehead atoms. The number of nitrogens with one attached hydrogen (secondary N) is 1. The Bertz CT molecular complexity index is 636. The van der Waals surface area contributed by atoms with Gasteiger partial charge in [-0.25, -0.2) is 8.42 Å². The molecule has 0 unspecified atom stereocenters. The number of benzene rings is 1. The van der Waals surface area contributed by atoms with Crippen molar-refractivity contribution in [2.45, 2.75) is 20.8 Å². The normalized spacial score (nSPS) is 16.2. The second kappa shape index (κ2) is 5.78. The van der Waals surface area contributed by atoms with E-state index in [2.05, 4.69) is 9.12 Å². The van der Waals surface area contributed by atoms with Crippen LogP contribution in [0.4, 0.5) is 5.69 Å². The van der Waals surface area contributed by atoms with Crippen molar-refractivity contribution >= 4 is 44.8 Å². The van der Waals surface area contributed by atoms with E-state index in [0.29, 0.717) is 17.9 Å². The third-order valence-electron chi connectivity index (χ3n) is 2.32. The van der Waals surface area contributed by atoms with Gasteiger partial charge in [0.2, 0.25) is 0 Å². The molecule has 0 radical (unpaired) electrons. The number of rotatable bonds is 2. The van der Waals surface area contributed by atoms with Crippen molar-refractivity contribution in [3.05, 3.63) is 34.2 Å². The maximum absolute atomic E-state index is 11.3. The van der Waals surface area contributed by atoms with Gasteiger partial charge in [0.1, 0.15) is 16.0 Å². The van der Waals surface area contributed by atoms with Gasteiger partial charge in [0.25, 0.3) is 0 Å². The first-order valence-electron chi connectivity index (χ1n) is 5.74.